The highest BCUT2D eigenvalue weighted by molar-refractivity contribution is 7.92. The number of pyridine rings is 1. The molecule has 1 aromatic heterocycles. The fourth-order valence-corrected chi connectivity index (χ4v) is 2.51. The van der Waals surface area contributed by atoms with Gasteiger partial charge < -0.3 is 5.11 Å². The summed E-state index contributed by atoms with van der Waals surface area (Å²) in [6, 6.07) is 9.04. The van der Waals surface area contributed by atoms with E-state index in [9.17, 15) is 8.42 Å². The Balaban J connectivity index is 2.48. The summed E-state index contributed by atoms with van der Waals surface area (Å²) in [6.45, 7) is 1.44. The van der Waals surface area contributed by atoms with Crippen LogP contribution in [-0.4, -0.2) is 30.9 Å². The molecule has 0 atom stereocenters. The Hall–Kier alpha value is -1.66. The monoisotopic (exact) mass is 266 g/mol. The van der Waals surface area contributed by atoms with Crippen LogP contribution in [0, 0.1) is 6.92 Å². The minimum absolute atomic E-state index is 0.324. The summed E-state index contributed by atoms with van der Waals surface area (Å²) in [4.78, 5) is 4.33. The summed E-state index contributed by atoms with van der Waals surface area (Å²) in [5.74, 6) is -0.324. The number of fused-ring (bicyclic) bond motifs is 1. The Kier molecular flexibility index (Phi) is 3.49. The molecule has 1 aromatic carbocycles. The maximum absolute atomic E-state index is 11.6. The van der Waals surface area contributed by atoms with Gasteiger partial charge in [-0.15, -0.1) is 0 Å². The molecule has 0 unspecified atom stereocenters. The van der Waals surface area contributed by atoms with Gasteiger partial charge in [-0.3, -0.25) is 9.71 Å². The maximum Gasteiger partial charge on any atom is 0.235 e. The van der Waals surface area contributed by atoms with Crippen molar-refractivity contribution in [2.45, 2.75) is 6.92 Å². The fourth-order valence-electron chi connectivity index (χ4n) is 1.67. The number of hydrogen-bond donors (Lipinski definition) is 2. The van der Waals surface area contributed by atoms with E-state index >= 15 is 0 Å². The quantitative estimate of drug-likeness (QED) is 0.873. The Morgan fingerprint density at radius 3 is 2.78 bits per heavy atom. The van der Waals surface area contributed by atoms with E-state index < -0.39 is 16.6 Å². The molecule has 0 radical (unpaired) electrons. The molecule has 5 nitrogen and oxygen atoms in total. The van der Waals surface area contributed by atoms with Crippen LogP contribution in [0.5, 0.6) is 0 Å². The van der Waals surface area contributed by atoms with Gasteiger partial charge in [-0.25, -0.2) is 8.42 Å². The molecule has 0 aliphatic rings. The third-order valence-corrected chi connectivity index (χ3v) is 3.74. The van der Waals surface area contributed by atoms with Crippen molar-refractivity contribution in [3.05, 3.63) is 36.0 Å². The summed E-state index contributed by atoms with van der Waals surface area (Å²) >= 11 is 0. The van der Waals surface area contributed by atoms with E-state index in [0.717, 1.165) is 11.1 Å². The normalized spacial score (nSPS) is 11.7. The van der Waals surface area contributed by atoms with Gasteiger partial charge in [-0.2, -0.15) is 0 Å². The van der Waals surface area contributed by atoms with Gasteiger partial charge in [0.25, 0.3) is 0 Å². The molecule has 0 amide bonds. The standard InChI is InChI=1S/C12H14N2O3S/c1-9-5-6-10-3-2-4-11(12(10)13-9)14-18(16,17)8-7-15/h2-6,14-15H,7-8H2,1H3. The second kappa shape index (κ2) is 4.91. The average Bonchev–Trinajstić information content (AvgIpc) is 2.29. The van der Waals surface area contributed by atoms with Crippen molar-refractivity contribution in [2.75, 3.05) is 17.1 Å². The summed E-state index contributed by atoms with van der Waals surface area (Å²) in [7, 11) is -3.53. The van der Waals surface area contributed by atoms with E-state index in [-0.39, 0.29) is 5.75 Å². The highest BCUT2D eigenvalue weighted by Gasteiger charge is 2.12. The topological polar surface area (TPSA) is 79.3 Å². The Bertz CT molecular complexity index is 668. The SMILES string of the molecule is Cc1ccc2cccc(NS(=O)(=O)CCO)c2n1. The van der Waals surface area contributed by atoms with E-state index in [1.807, 2.05) is 25.1 Å². The van der Waals surface area contributed by atoms with Gasteiger partial charge in [0.2, 0.25) is 10.0 Å². The van der Waals surface area contributed by atoms with Gasteiger partial charge in [-0.05, 0) is 19.1 Å². The van der Waals surface area contributed by atoms with Crippen LogP contribution >= 0.6 is 0 Å². The number of benzene rings is 1. The number of para-hydroxylation sites is 1. The van der Waals surface area contributed by atoms with Crippen LogP contribution in [0.1, 0.15) is 5.69 Å². The number of nitrogens with zero attached hydrogens (tertiary/aromatic N) is 1. The molecular formula is C12H14N2O3S. The van der Waals surface area contributed by atoms with Crippen LogP contribution in [0.15, 0.2) is 30.3 Å². The van der Waals surface area contributed by atoms with E-state index in [2.05, 4.69) is 9.71 Å². The van der Waals surface area contributed by atoms with E-state index in [1.54, 1.807) is 12.1 Å². The van der Waals surface area contributed by atoms with E-state index in [1.165, 1.54) is 0 Å². The fraction of sp³-hybridized carbons (Fsp3) is 0.250. The number of sulfonamides is 1. The molecule has 0 saturated carbocycles. The number of nitrogens with one attached hydrogen (secondary N) is 1. The second-order valence-corrected chi connectivity index (χ2v) is 5.82. The Morgan fingerprint density at radius 2 is 2.06 bits per heavy atom. The first-order valence-electron chi connectivity index (χ1n) is 5.49. The first kappa shape index (κ1) is 12.8. The Labute approximate surface area is 106 Å². The second-order valence-electron chi connectivity index (χ2n) is 3.97. The molecule has 0 aliphatic heterocycles. The molecule has 6 heteroatoms. The van der Waals surface area contributed by atoms with Crippen molar-refractivity contribution in [3.63, 3.8) is 0 Å². The summed E-state index contributed by atoms with van der Waals surface area (Å²) in [5.41, 5.74) is 1.86. The van der Waals surface area contributed by atoms with Crippen molar-refractivity contribution < 1.29 is 13.5 Å². The first-order valence-corrected chi connectivity index (χ1v) is 7.15. The zero-order chi connectivity index (χ0) is 13.2. The molecule has 2 N–H and O–H groups in total. The Morgan fingerprint density at radius 1 is 1.28 bits per heavy atom. The van der Waals surface area contributed by atoms with Gasteiger partial charge in [0.15, 0.2) is 0 Å². The highest BCUT2D eigenvalue weighted by atomic mass is 32.2. The largest absolute Gasteiger partial charge is 0.395 e. The van der Waals surface area contributed by atoms with E-state index in [0.29, 0.717) is 11.2 Å². The lowest BCUT2D eigenvalue weighted by Crippen LogP contribution is -2.19. The summed E-state index contributed by atoms with van der Waals surface area (Å²) in [5, 5.41) is 9.57. The van der Waals surface area contributed by atoms with Crippen molar-refractivity contribution in [1.82, 2.24) is 4.98 Å². The smallest absolute Gasteiger partial charge is 0.235 e. The van der Waals surface area contributed by atoms with Crippen molar-refractivity contribution in [1.29, 1.82) is 0 Å². The van der Waals surface area contributed by atoms with Crippen LogP contribution in [0.2, 0.25) is 0 Å². The van der Waals surface area contributed by atoms with Crippen LogP contribution in [0.4, 0.5) is 5.69 Å². The van der Waals surface area contributed by atoms with Gasteiger partial charge in [-0.1, -0.05) is 18.2 Å². The van der Waals surface area contributed by atoms with Crippen LogP contribution < -0.4 is 4.72 Å². The number of aromatic nitrogens is 1. The molecular weight excluding hydrogens is 252 g/mol. The van der Waals surface area contributed by atoms with Crippen molar-refractivity contribution in [3.8, 4) is 0 Å². The number of aryl methyl sites for hydroxylation is 1. The molecule has 2 rings (SSSR count). The number of anilines is 1. The van der Waals surface area contributed by atoms with Gasteiger partial charge in [0.05, 0.1) is 23.6 Å². The molecule has 18 heavy (non-hydrogen) atoms. The molecule has 0 fully saturated rings. The molecule has 0 bridgehead atoms. The van der Waals surface area contributed by atoms with Gasteiger partial charge >= 0.3 is 0 Å². The molecule has 0 saturated heterocycles. The zero-order valence-corrected chi connectivity index (χ0v) is 10.7. The lowest BCUT2D eigenvalue weighted by atomic mass is 10.2. The third-order valence-electron chi connectivity index (χ3n) is 2.48. The molecule has 2 aromatic rings. The highest BCUT2D eigenvalue weighted by Crippen LogP contribution is 2.22. The van der Waals surface area contributed by atoms with Gasteiger partial charge in [0.1, 0.15) is 0 Å². The molecule has 0 aliphatic carbocycles. The van der Waals surface area contributed by atoms with Crippen LogP contribution in [0.25, 0.3) is 10.9 Å². The minimum atomic E-state index is -3.53. The summed E-state index contributed by atoms with van der Waals surface area (Å²) < 4.78 is 25.7. The first-order chi connectivity index (χ1) is 8.52. The minimum Gasteiger partial charge on any atom is -0.395 e. The zero-order valence-electron chi connectivity index (χ0n) is 9.92. The van der Waals surface area contributed by atoms with Gasteiger partial charge in [0, 0.05) is 11.1 Å². The molecule has 0 spiro atoms. The number of rotatable bonds is 4. The van der Waals surface area contributed by atoms with E-state index in [4.69, 9.17) is 5.11 Å². The van der Waals surface area contributed by atoms with Crippen LogP contribution in [0.3, 0.4) is 0 Å². The predicted octanol–water partition coefficient (Wildman–Crippen LogP) is 1.28. The molecule has 96 valence electrons. The van der Waals surface area contributed by atoms with Crippen molar-refractivity contribution >= 4 is 26.6 Å². The summed E-state index contributed by atoms with van der Waals surface area (Å²) in [6.07, 6.45) is 0. The van der Waals surface area contributed by atoms with Crippen molar-refractivity contribution in [2.24, 2.45) is 0 Å². The maximum atomic E-state index is 11.6. The number of aliphatic hydroxyl groups is 1. The lowest BCUT2D eigenvalue weighted by molar-refractivity contribution is 0.320. The number of hydrogen-bond acceptors (Lipinski definition) is 4. The number of aliphatic hydroxyl groups excluding tert-OH is 1. The predicted molar refractivity (Wildman–Crippen MR) is 71.0 cm³/mol. The van der Waals surface area contributed by atoms with Crippen LogP contribution in [-0.2, 0) is 10.0 Å². The molecule has 1 heterocycles. The average molecular weight is 266 g/mol. The lowest BCUT2D eigenvalue weighted by Gasteiger charge is -2.09. The third kappa shape index (κ3) is 2.77.